The van der Waals surface area contributed by atoms with Crippen molar-refractivity contribution in [3.05, 3.63) is 51.0 Å². The number of hydrogen-bond donors (Lipinski definition) is 1. The lowest BCUT2D eigenvalue weighted by molar-refractivity contribution is 1.09. The summed E-state index contributed by atoms with van der Waals surface area (Å²) in [6.45, 7) is 0. The van der Waals surface area contributed by atoms with Crippen molar-refractivity contribution < 1.29 is 0 Å². The third kappa shape index (κ3) is 2.08. The fourth-order valence-corrected chi connectivity index (χ4v) is 1.63. The molecule has 0 atom stereocenters. The van der Waals surface area contributed by atoms with Gasteiger partial charge in [0.15, 0.2) is 11.4 Å². The van der Waals surface area contributed by atoms with E-state index >= 15 is 0 Å². The number of nitrogens with zero attached hydrogens (tertiary/aromatic N) is 3. The molecule has 0 saturated heterocycles. The van der Waals surface area contributed by atoms with Crippen LogP contribution >= 0.6 is 11.6 Å². The first kappa shape index (κ1) is 11.8. The molecule has 6 heteroatoms. The summed E-state index contributed by atoms with van der Waals surface area (Å²) in [5, 5.41) is 18.1. The van der Waals surface area contributed by atoms with Gasteiger partial charge in [0.25, 0.3) is 5.56 Å². The minimum absolute atomic E-state index is 0.0630. The maximum Gasteiger partial charge on any atom is 0.275 e. The number of nitrogens with one attached hydrogen (secondary N) is 1. The maximum atomic E-state index is 11.8. The van der Waals surface area contributed by atoms with Gasteiger partial charge >= 0.3 is 0 Å². The molecule has 0 bridgehead atoms. The lowest BCUT2D eigenvalue weighted by atomic mass is 10.1. The summed E-state index contributed by atoms with van der Waals surface area (Å²) in [5.41, 5.74) is -0.244. The normalized spacial score (nSPS) is 9.50. The summed E-state index contributed by atoms with van der Waals surface area (Å²) < 4.78 is 0. The van der Waals surface area contributed by atoms with Crippen LogP contribution in [0.2, 0.25) is 5.02 Å². The van der Waals surface area contributed by atoms with Crippen molar-refractivity contribution in [1.29, 1.82) is 10.5 Å². The predicted octanol–water partition coefficient (Wildman–Crippen LogP) is 1.83. The second-order valence-corrected chi connectivity index (χ2v) is 3.81. The molecule has 0 spiro atoms. The predicted molar refractivity (Wildman–Crippen MR) is 64.7 cm³/mol. The number of H-pyrrole nitrogens is 1. The number of hydrogen-bond acceptors (Lipinski definition) is 4. The minimum atomic E-state index is -0.534. The maximum absolute atomic E-state index is 11.8. The van der Waals surface area contributed by atoms with Crippen molar-refractivity contribution in [2.45, 2.75) is 0 Å². The van der Waals surface area contributed by atoms with Gasteiger partial charge in [-0.3, -0.25) is 4.79 Å². The number of aromatic amines is 1. The Bertz CT molecular complexity index is 752. The van der Waals surface area contributed by atoms with E-state index < -0.39 is 5.56 Å². The van der Waals surface area contributed by atoms with E-state index in [9.17, 15) is 4.79 Å². The van der Waals surface area contributed by atoms with Crippen LogP contribution in [0.5, 0.6) is 0 Å². The molecule has 0 aliphatic rings. The van der Waals surface area contributed by atoms with Gasteiger partial charge < -0.3 is 4.98 Å². The Balaban J connectivity index is 2.71. The summed E-state index contributed by atoms with van der Waals surface area (Å²) in [6, 6.07) is 10.0. The summed E-state index contributed by atoms with van der Waals surface area (Å²) in [6.07, 6.45) is 0. The topological polar surface area (TPSA) is 93.3 Å². The Labute approximate surface area is 107 Å². The van der Waals surface area contributed by atoms with Gasteiger partial charge in [0, 0.05) is 10.6 Å². The average molecular weight is 257 g/mol. The van der Waals surface area contributed by atoms with Gasteiger partial charge in [-0.05, 0) is 12.1 Å². The first-order chi connectivity index (χ1) is 8.65. The van der Waals surface area contributed by atoms with Crippen molar-refractivity contribution in [2.75, 3.05) is 0 Å². The molecule has 1 N–H and O–H groups in total. The standard InChI is InChI=1S/C12H5ClN4O/c13-8-3-1-2-7(4-8)11-12(18)17-10(6-15)9(5-14)16-11/h1-4H,(H,17,18). The SMILES string of the molecule is N#Cc1nc(-c2cccc(Cl)c2)c(=O)[nH]c1C#N. The zero-order valence-electron chi connectivity index (χ0n) is 8.94. The molecular formula is C12H5ClN4O. The molecule has 2 rings (SSSR count). The van der Waals surface area contributed by atoms with Gasteiger partial charge in [-0.2, -0.15) is 10.5 Å². The molecule has 5 nitrogen and oxygen atoms in total. The first-order valence-corrected chi connectivity index (χ1v) is 5.24. The van der Waals surface area contributed by atoms with Crippen LogP contribution in [0.3, 0.4) is 0 Å². The molecule has 18 heavy (non-hydrogen) atoms. The fraction of sp³-hybridized carbons (Fsp3) is 0. The van der Waals surface area contributed by atoms with Crippen LogP contribution in [0.4, 0.5) is 0 Å². The molecular weight excluding hydrogens is 252 g/mol. The highest BCUT2D eigenvalue weighted by molar-refractivity contribution is 6.30. The molecule has 0 saturated carbocycles. The third-order valence-electron chi connectivity index (χ3n) is 2.23. The molecule has 0 unspecified atom stereocenters. The number of benzene rings is 1. The molecule has 1 aromatic heterocycles. The second-order valence-electron chi connectivity index (χ2n) is 3.37. The number of halogens is 1. The second kappa shape index (κ2) is 4.70. The highest BCUT2D eigenvalue weighted by atomic mass is 35.5. The number of aromatic nitrogens is 2. The van der Waals surface area contributed by atoms with Crippen molar-refractivity contribution >= 4 is 11.6 Å². The van der Waals surface area contributed by atoms with Gasteiger partial charge in [0.1, 0.15) is 17.8 Å². The quantitative estimate of drug-likeness (QED) is 0.842. The molecule has 0 fully saturated rings. The molecule has 86 valence electrons. The third-order valence-corrected chi connectivity index (χ3v) is 2.46. The van der Waals surface area contributed by atoms with Crippen LogP contribution in [-0.4, -0.2) is 9.97 Å². The summed E-state index contributed by atoms with van der Waals surface area (Å²) in [7, 11) is 0. The van der Waals surface area contributed by atoms with E-state index in [1.807, 2.05) is 0 Å². The smallest absolute Gasteiger partial charge is 0.275 e. The van der Waals surface area contributed by atoms with E-state index in [2.05, 4.69) is 9.97 Å². The van der Waals surface area contributed by atoms with Crippen molar-refractivity contribution in [2.24, 2.45) is 0 Å². The number of rotatable bonds is 1. The van der Waals surface area contributed by atoms with Crippen LogP contribution in [0.1, 0.15) is 11.4 Å². The van der Waals surface area contributed by atoms with E-state index in [0.29, 0.717) is 10.6 Å². The summed E-state index contributed by atoms with van der Waals surface area (Å²) >= 11 is 5.82. The van der Waals surface area contributed by atoms with Crippen LogP contribution in [0, 0.1) is 22.7 Å². The minimum Gasteiger partial charge on any atom is -0.309 e. The van der Waals surface area contributed by atoms with Crippen LogP contribution in [-0.2, 0) is 0 Å². The molecule has 1 aromatic carbocycles. The number of nitriles is 2. The molecule has 0 aliphatic carbocycles. The van der Waals surface area contributed by atoms with E-state index in [4.69, 9.17) is 22.1 Å². The van der Waals surface area contributed by atoms with Gasteiger partial charge in [-0.15, -0.1) is 0 Å². The van der Waals surface area contributed by atoms with Gasteiger partial charge in [-0.1, -0.05) is 23.7 Å². The molecule has 0 amide bonds. The Hall–Kier alpha value is -2.63. The zero-order chi connectivity index (χ0) is 13.1. The Morgan fingerprint density at radius 2 is 2.06 bits per heavy atom. The van der Waals surface area contributed by atoms with E-state index in [-0.39, 0.29) is 17.1 Å². The van der Waals surface area contributed by atoms with Crippen molar-refractivity contribution in [3.8, 4) is 23.4 Å². The van der Waals surface area contributed by atoms with E-state index in [1.165, 1.54) is 0 Å². The van der Waals surface area contributed by atoms with E-state index in [0.717, 1.165) is 0 Å². The Kier molecular flexibility index (Phi) is 3.09. The average Bonchev–Trinajstić information content (AvgIpc) is 2.38. The Morgan fingerprint density at radius 1 is 1.28 bits per heavy atom. The molecule has 0 aliphatic heterocycles. The van der Waals surface area contributed by atoms with E-state index in [1.54, 1.807) is 36.4 Å². The van der Waals surface area contributed by atoms with Crippen LogP contribution in [0.25, 0.3) is 11.3 Å². The highest BCUT2D eigenvalue weighted by Crippen LogP contribution is 2.18. The zero-order valence-corrected chi connectivity index (χ0v) is 9.69. The monoisotopic (exact) mass is 256 g/mol. The summed E-state index contributed by atoms with van der Waals surface area (Å²) in [5.74, 6) is 0. The Morgan fingerprint density at radius 3 is 2.67 bits per heavy atom. The van der Waals surface area contributed by atoms with Crippen molar-refractivity contribution in [3.63, 3.8) is 0 Å². The fourth-order valence-electron chi connectivity index (χ4n) is 1.44. The van der Waals surface area contributed by atoms with Crippen molar-refractivity contribution in [1.82, 2.24) is 9.97 Å². The largest absolute Gasteiger partial charge is 0.309 e. The first-order valence-electron chi connectivity index (χ1n) is 4.86. The lowest BCUT2D eigenvalue weighted by Gasteiger charge is -2.01. The van der Waals surface area contributed by atoms with Gasteiger partial charge in [-0.25, -0.2) is 4.98 Å². The van der Waals surface area contributed by atoms with Crippen LogP contribution in [0.15, 0.2) is 29.1 Å². The summed E-state index contributed by atoms with van der Waals surface area (Å²) in [4.78, 5) is 18.0. The van der Waals surface area contributed by atoms with Gasteiger partial charge in [0.2, 0.25) is 0 Å². The molecule has 2 aromatic rings. The van der Waals surface area contributed by atoms with Gasteiger partial charge in [0.05, 0.1) is 0 Å². The molecule has 0 radical (unpaired) electrons. The molecule has 1 heterocycles. The highest BCUT2D eigenvalue weighted by Gasteiger charge is 2.11. The van der Waals surface area contributed by atoms with Crippen LogP contribution < -0.4 is 5.56 Å². The lowest BCUT2D eigenvalue weighted by Crippen LogP contribution is -2.15.